The van der Waals surface area contributed by atoms with Crippen LogP contribution in [0, 0.1) is 0 Å². The maximum atomic E-state index is 12.7. The van der Waals surface area contributed by atoms with Gasteiger partial charge >= 0.3 is 5.97 Å². The smallest absolute Gasteiger partial charge is 0.357 e. The van der Waals surface area contributed by atoms with Gasteiger partial charge in [-0.1, -0.05) is 48.5 Å². The number of benzene rings is 2. The monoisotopic (exact) mass is 363 g/mol. The molecule has 0 saturated heterocycles. The van der Waals surface area contributed by atoms with E-state index in [1.807, 2.05) is 67.6 Å². The van der Waals surface area contributed by atoms with Gasteiger partial charge in [-0.15, -0.1) is 0 Å². The second-order valence-electron chi connectivity index (χ2n) is 6.00. The van der Waals surface area contributed by atoms with Crippen molar-refractivity contribution in [1.29, 1.82) is 0 Å². The zero-order valence-electron chi connectivity index (χ0n) is 15.3. The van der Waals surface area contributed by atoms with Gasteiger partial charge in [0, 0.05) is 17.8 Å². The number of amides is 1. The first-order valence-electron chi connectivity index (χ1n) is 8.78. The third-order valence-electron chi connectivity index (χ3n) is 4.15. The zero-order chi connectivity index (χ0) is 19.2. The Kier molecular flexibility index (Phi) is 5.66. The molecule has 6 heteroatoms. The number of nitrogens with one attached hydrogen (secondary N) is 1. The lowest BCUT2D eigenvalue weighted by molar-refractivity contribution is -0.126. The molecule has 1 N–H and O–H groups in total. The van der Waals surface area contributed by atoms with E-state index in [0.29, 0.717) is 12.2 Å². The number of aromatic amines is 1. The third-order valence-corrected chi connectivity index (χ3v) is 4.15. The van der Waals surface area contributed by atoms with Crippen molar-refractivity contribution in [1.82, 2.24) is 10.2 Å². The quantitative estimate of drug-likeness (QED) is 0.678. The average molecular weight is 363 g/mol. The van der Waals surface area contributed by atoms with Crippen LogP contribution in [-0.4, -0.2) is 34.7 Å². The molecular weight excluding hydrogens is 342 g/mol. The van der Waals surface area contributed by atoms with Crippen molar-refractivity contribution in [2.24, 2.45) is 0 Å². The largest absolute Gasteiger partial charge is 0.448 e. The fraction of sp³-hybridized carbons (Fsp3) is 0.190. The number of anilines is 1. The van der Waals surface area contributed by atoms with Crippen LogP contribution in [0.5, 0.6) is 0 Å². The molecule has 6 nitrogen and oxygen atoms in total. The molecule has 0 bridgehead atoms. The molecular formula is C21H21N3O3. The fourth-order valence-corrected chi connectivity index (χ4v) is 2.75. The molecule has 0 aliphatic heterocycles. The molecule has 0 spiro atoms. The van der Waals surface area contributed by atoms with E-state index in [0.717, 1.165) is 11.3 Å². The van der Waals surface area contributed by atoms with Crippen LogP contribution in [0.2, 0.25) is 0 Å². The number of hydrogen-bond donors (Lipinski definition) is 1. The van der Waals surface area contributed by atoms with Crippen molar-refractivity contribution in [2.45, 2.75) is 20.0 Å². The Labute approximate surface area is 157 Å². The van der Waals surface area contributed by atoms with Crippen molar-refractivity contribution in [3.05, 3.63) is 72.4 Å². The molecule has 0 aliphatic carbocycles. The number of nitrogens with zero attached hydrogens (tertiary/aromatic N) is 2. The number of ether oxygens (including phenoxy) is 1. The van der Waals surface area contributed by atoms with E-state index in [4.69, 9.17) is 4.74 Å². The van der Waals surface area contributed by atoms with E-state index in [9.17, 15) is 9.59 Å². The van der Waals surface area contributed by atoms with Crippen LogP contribution in [-0.2, 0) is 9.53 Å². The minimum absolute atomic E-state index is 0.205. The highest BCUT2D eigenvalue weighted by molar-refractivity contribution is 5.98. The van der Waals surface area contributed by atoms with Gasteiger partial charge in [-0.05, 0) is 32.0 Å². The Bertz CT molecular complexity index is 907. The lowest BCUT2D eigenvalue weighted by Gasteiger charge is -2.24. The second-order valence-corrected chi connectivity index (χ2v) is 6.00. The normalized spacial score (nSPS) is 11.6. The summed E-state index contributed by atoms with van der Waals surface area (Å²) in [6.07, 6.45) is -0.916. The lowest BCUT2D eigenvalue weighted by Crippen LogP contribution is -2.40. The summed E-state index contributed by atoms with van der Waals surface area (Å²) in [5.41, 5.74) is 2.50. The van der Waals surface area contributed by atoms with Crippen LogP contribution >= 0.6 is 0 Å². The number of para-hydroxylation sites is 1. The van der Waals surface area contributed by atoms with Crippen LogP contribution in [0.3, 0.4) is 0 Å². The van der Waals surface area contributed by atoms with E-state index in [2.05, 4.69) is 10.2 Å². The highest BCUT2D eigenvalue weighted by Gasteiger charge is 2.25. The molecule has 1 atom stereocenters. The number of rotatable bonds is 6. The number of esters is 1. The first-order valence-corrected chi connectivity index (χ1v) is 8.78. The van der Waals surface area contributed by atoms with Crippen molar-refractivity contribution in [3.63, 3.8) is 0 Å². The molecule has 0 fully saturated rings. The molecule has 3 rings (SSSR count). The van der Waals surface area contributed by atoms with Crippen molar-refractivity contribution < 1.29 is 14.3 Å². The Balaban J connectivity index is 1.68. The third kappa shape index (κ3) is 4.23. The van der Waals surface area contributed by atoms with Crippen molar-refractivity contribution in [3.8, 4) is 11.3 Å². The Morgan fingerprint density at radius 1 is 1.07 bits per heavy atom. The van der Waals surface area contributed by atoms with Crippen molar-refractivity contribution in [2.75, 3.05) is 11.4 Å². The minimum atomic E-state index is -0.916. The average Bonchev–Trinajstić information content (AvgIpc) is 3.20. The van der Waals surface area contributed by atoms with Gasteiger partial charge in [0.05, 0.1) is 5.69 Å². The Morgan fingerprint density at radius 2 is 1.70 bits per heavy atom. The molecule has 0 unspecified atom stereocenters. The molecule has 138 valence electrons. The van der Waals surface area contributed by atoms with E-state index >= 15 is 0 Å². The fourth-order valence-electron chi connectivity index (χ4n) is 2.75. The molecule has 1 amide bonds. The van der Waals surface area contributed by atoms with Crippen LogP contribution in [0.15, 0.2) is 66.7 Å². The summed E-state index contributed by atoms with van der Waals surface area (Å²) in [6, 6.07) is 20.4. The number of carbonyl (C=O) groups excluding carboxylic acids is 2. The predicted molar refractivity (Wildman–Crippen MR) is 103 cm³/mol. The summed E-state index contributed by atoms with van der Waals surface area (Å²) in [4.78, 5) is 26.7. The van der Waals surface area contributed by atoms with Crippen LogP contribution < -0.4 is 4.90 Å². The van der Waals surface area contributed by atoms with Gasteiger partial charge in [0.15, 0.2) is 6.10 Å². The van der Waals surface area contributed by atoms with E-state index < -0.39 is 12.1 Å². The van der Waals surface area contributed by atoms with Gasteiger partial charge in [-0.2, -0.15) is 5.10 Å². The number of H-pyrrole nitrogens is 1. The summed E-state index contributed by atoms with van der Waals surface area (Å²) >= 11 is 0. The van der Waals surface area contributed by atoms with Gasteiger partial charge in [0.2, 0.25) is 0 Å². The molecule has 3 aromatic rings. The second kappa shape index (κ2) is 8.31. The Morgan fingerprint density at radius 3 is 2.33 bits per heavy atom. The molecule has 1 aromatic heterocycles. The van der Waals surface area contributed by atoms with Gasteiger partial charge in [0.25, 0.3) is 5.91 Å². The van der Waals surface area contributed by atoms with Gasteiger partial charge in [-0.25, -0.2) is 4.79 Å². The maximum Gasteiger partial charge on any atom is 0.357 e. The summed E-state index contributed by atoms with van der Waals surface area (Å²) in [5, 5.41) is 6.81. The number of carbonyl (C=O) groups is 2. The SMILES string of the molecule is CCN(C(=O)[C@H](C)OC(=O)c1cc(-c2ccccc2)n[nH]1)c1ccccc1. The van der Waals surface area contributed by atoms with Crippen LogP contribution in [0.25, 0.3) is 11.3 Å². The number of aromatic nitrogens is 2. The standard InChI is InChI=1S/C21H21N3O3/c1-3-24(17-12-8-5-9-13-17)20(25)15(2)27-21(26)19-14-18(22-23-19)16-10-6-4-7-11-16/h4-15H,3H2,1-2H3,(H,22,23)/t15-/m0/s1. The van der Waals surface area contributed by atoms with E-state index in [1.54, 1.807) is 17.9 Å². The molecule has 0 aliphatic rings. The zero-order valence-corrected chi connectivity index (χ0v) is 15.3. The van der Waals surface area contributed by atoms with Gasteiger partial charge in [-0.3, -0.25) is 9.89 Å². The van der Waals surface area contributed by atoms with E-state index in [-0.39, 0.29) is 11.6 Å². The Hall–Kier alpha value is -3.41. The first kappa shape index (κ1) is 18.4. The van der Waals surface area contributed by atoms with E-state index in [1.165, 1.54) is 0 Å². The molecule has 27 heavy (non-hydrogen) atoms. The topological polar surface area (TPSA) is 75.3 Å². The van der Waals surface area contributed by atoms with Crippen LogP contribution in [0.1, 0.15) is 24.3 Å². The highest BCUT2D eigenvalue weighted by Crippen LogP contribution is 2.19. The molecule has 0 saturated carbocycles. The molecule has 1 heterocycles. The van der Waals surface area contributed by atoms with Crippen LogP contribution in [0.4, 0.5) is 5.69 Å². The first-order chi connectivity index (χ1) is 13.1. The number of likely N-dealkylation sites (N-methyl/N-ethyl adjacent to an activating group) is 1. The highest BCUT2D eigenvalue weighted by atomic mass is 16.5. The molecule has 2 aromatic carbocycles. The van der Waals surface area contributed by atoms with Gasteiger partial charge in [0.1, 0.15) is 5.69 Å². The molecule has 0 radical (unpaired) electrons. The maximum absolute atomic E-state index is 12.7. The summed E-state index contributed by atoms with van der Waals surface area (Å²) in [6.45, 7) is 3.92. The minimum Gasteiger partial charge on any atom is -0.448 e. The lowest BCUT2D eigenvalue weighted by atomic mass is 10.1. The van der Waals surface area contributed by atoms with Crippen molar-refractivity contribution >= 4 is 17.6 Å². The summed E-state index contributed by atoms with van der Waals surface area (Å²) in [5.74, 6) is -0.894. The van der Waals surface area contributed by atoms with Gasteiger partial charge < -0.3 is 9.64 Å². The summed E-state index contributed by atoms with van der Waals surface area (Å²) in [7, 11) is 0. The predicted octanol–water partition coefficient (Wildman–Crippen LogP) is 3.68. The summed E-state index contributed by atoms with van der Waals surface area (Å²) < 4.78 is 5.35. The number of hydrogen-bond acceptors (Lipinski definition) is 4.